The van der Waals surface area contributed by atoms with E-state index in [1.807, 2.05) is 12.1 Å². The molecule has 2 nitrogen and oxygen atoms in total. The maximum absolute atomic E-state index is 6.28. The highest BCUT2D eigenvalue weighted by molar-refractivity contribution is 6.74. The minimum absolute atomic E-state index is 0.185. The maximum Gasteiger partial charge on any atom is 0.191 e. The van der Waals surface area contributed by atoms with Gasteiger partial charge in [-0.1, -0.05) is 57.2 Å². The van der Waals surface area contributed by atoms with Crippen molar-refractivity contribution in [2.75, 3.05) is 13.2 Å². The van der Waals surface area contributed by atoms with Crippen molar-refractivity contribution in [2.45, 2.75) is 57.8 Å². The summed E-state index contributed by atoms with van der Waals surface area (Å²) in [5.41, 5.74) is 1.31. The fraction of sp³-hybridized carbons (Fsp3) is 0.579. The first-order valence-electron chi connectivity index (χ1n) is 8.16. The lowest BCUT2D eigenvalue weighted by molar-refractivity contribution is 0.0555. The molecule has 0 spiro atoms. The Bertz CT molecular complexity index is 434. The lowest BCUT2D eigenvalue weighted by Crippen LogP contribution is -2.41. The first kappa shape index (κ1) is 19.1. The molecule has 0 aliphatic heterocycles. The molecule has 0 aliphatic carbocycles. The highest BCUT2D eigenvalue weighted by Crippen LogP contribution is 2.36. The van der Waals surface area contributed by atoms with Crippen molar-refractivity contribution >= 4 is 8.32 Å². The summed E-state index contributed by atoms with van der Waals surface area (Å²) in [5.74, 6) is 0. The Kier molecular flexibility index (Phi) is 7.53. The molecule has 0 heterocycles. The predicted octanol–water partition coefficient (Wildman–Crippen LogP) is 5.21. The van der Waals surface area contributed by atoms with E-state index in [-0.39, 0.29) is 11.1 Å². The molecule has 1 unspecified atom stereocenters. The first-order chi connectivity index (χ1) is 10.3. The first-order valence-corrected chi connectivity index (χ1v) is 11.1. The SMILES string of the molecule is C=CCOC(CCO[Si](C)(C)C(C)(C)C)Cc1ccccc1. The third-order valence-electron chi connectivity index (χ3n) is 4.46. The number of benzene rings is 1. The summed E-state index contributed by atoms with van der Waals surface area (Å²) < 4.78 is 12.2. The fourth-order valence-corrected chi connectivity index (χ4v) is 3.05. The summed E-state index contributed by atoms with van der Waals surface area (Å²) >= 11 is 0. The van der Waals surface area contributed by atoms with Gasteiger partial charge >= 0.3 is 0 Å². The molecular weight excluding hydrogens is 288 g/mol. The van der Waals surface area contributed by atoms with Crippen molar-refractivity contribution in [3.05, 3.63) is 48.6 Å². The van der Waals surface area contributed by atoms with Crippen LogP contribution in [0.15, 0.2) is 43.0 Å². The zero-order valence-corrected chi connectivity index (χ0v) is 15.9. The van der Waals surface area contributed by atoms with Gasteiger partial charge in [-0.25, -0.2) is 0 Å². The Hall–Kier alpha value is -0.903. The van der Waals surface area contributed by atoms with Crippen LogP contribution in [-0.4, -0.2) is 27.6 Å². The van der Waals surface area contributed by atoms with E-state index >= 15 is 0 Å². The van der Waals surface area contributed by atoms with E-state index in [9.17, 15) is 0 Å². The summed E-state index contributed by atoms with van der Waals surface area (Å²) in [6, 6.07) is 10.5. The summed E-state index contributed by atoms with van der Waals surface area (Å²) in [4.78, 5) is 0. The molecule has 0 amide bonds. The van der Waals surface area contributed by atoms with E-state index in [1.54, 1.807) is 0 Å². The number of hydrogen-bond acceptors (Lipinski definition) is 2. The van der Waals surface area contributed by atoms with Gasteiger partial charge in [0.25, 0.3) is 0 Å². The van der Waals surface area contributed by atoms with E-state index in [1.165, 1.54) is 5.56 Å². The van der Waals surface area contributed by atoms with Gasteiger partial charge in [0.15, 0.2) is 8.32 Å². The maximum atomic E-state index is 6.28. The second-order valence-corrected chi connectivity index (χ2v) is 12.1. The standard InChI is InChI=1S/C19H32O2Si/c1-7-14-20-18(16-17-11-9-8-10-12-17)13-15-21-22(5,6)19(2,3)4/h7-12,18H,1,13-16H2,2-6H3. The van der Waals surface area contributed by atoms with Gasteiger partial charge < -0.3 is 9.16 Å². The molecule has 0 radical (unpaired) electrons. The highest BCUT2D eigenvalue weighted by Gasteiger charge is 2.37. The van der Waals surface area contributed by atoms with Crippen molar-refractivity contribution in [3.63, 3.8) is 0 Å². The second-order valence-electron chi connectivity index (χ2n) is 7.33. The fourth-order valence-electron chi connectivity index (χ4n) is 1.99. The van der Waals surface area contributed by atoms with E-state index in [0.29, 0.717) is 6.61 Å². The molecule has 0 aliphatic rings. The molecule has 0 fully saturated rings. The Labute approximate surface area is 137 Å². The number of ether oxygens (including phenoxy) is 1. The van der Waals surface area contributed by atoms with Crippen LogP contribution in [0.1, 0.15) is 32.8 Å². The van der Waals surface area contributed by atoms with Gasteiger partial charge in [0.05, 0.1) is 12.7 Å². The monoisotopic (exact) mass is 320 g/mol. The summed E-state index contributed by atoms with van der Waals surface area (Å²) in [6.07, 6.45) is 3.85. The Morgan fingerprint density at radius 1 is 1.18 bits per heavy atom. The molecule has 1 atom stereocenters. The lowest BCUT2D eigenvalue weighted by atomic mass is 10.1. The average molecular weight is 321 g/mol. The minimum atomic E-state index is -1.67. The molecule has 1 rings (SSSR count). The van der Waals surface area contributed by atoms with E-state index < -0.39 is 8.32 Å². The Morgan fingerprint density at radius 3 is 2.36 bits per heavy atom. The second kappa shape index (κ2) is 8.66. The molecule has 0 saturated carbocycles. The van der Waals surface area contributed by atoms with Gasteiger partial charge in [-0.3, -0.25) is 0 Å². The van der Waals surface area contributed by atoms with Gasteiger partial charge in [0, 0.05) is 6.61 Å². The summed E-state index contributed by atoms with van der Waals surface area (Å²) in [5, 5.41) is 0.254. The molecule has 124 valence electrons. The summed E-state index contributed by atoms with van der Waals surface area (Å²) in [7, 11) is -1.67. The van der Waals surface area contributed by atoms with E-state index in [0.717, 1.165) is 19.4 Å². The normalized spacial score (nSPS) is 13.9. The molecule has 0 aromatic heterocycles. The largest absolute Gasteiger partial charge is 0.417 e. The van der Waals surface area contributed by atoms with E-state index in [2.05, 4.69) is 64.7 Å². The lowest BCUT2D eigenvalue weighted by Gasteiger charge is -2.36. The predicted molar refractivity (Wildman–Crippen MR) is 97.8 cm³/mol. The van der Waals surface area contributed by atoms with Crippen LogP contribution in [0.5, 0.6) is 0 Å². The van der Waals surface area contributed by atoms with Gasteiger partial charge in [-0.2, -0.15) is 0 Å². The molecule has 22 heavy (non-hydrogen) atoms. The quantitative estimate of drug-likeness (QED) is 0.459. The third-order valence-corrected chi connectivity index (χ3v) is 9.00. The minimum Gasteiger partial charge on any atom is -0.417 e. The Balaban J connectivity index is 2.53. The third kappa shape index (κ3) is 6.47. The van der Waals surface area contributed by atoms with Crippen molar-refractivity contribution in [1.29, 1.82) is 0 Å². The van der Waals surface area contributed by atoms with Crippen LogP contribution >= 0.6 is 0 Å². The highest BCUT2D eigenvalue weighted by atomic mass is 28.4. The number of hydrogen-bond donors (Lipinski definition) is 0. The topological polar surface area (TPSA) is 18.5 Å². The van der Waals surface area contributed by atoms with Gasteiger partial charge in [-0.15, -0.1) is 6.58 Å². The van der Waals surface area contributed by atoms with E-state index in [4.69, 9.17) is 9.16 Å². The van der Waals surface area contributed by atoms with Crippen LogP contribution in [0, 0.1) is 0 Å². The van der Waals surface area contributed by atoms with Gasteiger partial charge in [0.1, 0.15) is 0 Å². The van der Waals surface area contributed by atoms with Gasteiger partial charge in [0.2, 0.25) is 0 Å². The van der Waals surface area contributed by atoms with Crippen LogP contribution in [0.4, 0.5) is 0 Å². The van der Waals surface area contributed by atoms with Crippen LogP contribution in [0.2, 0.25) is 18.1 Å². The van der Waals surface area contributed by atoms with Crippen LogP contribution in [-0.2, 0) is 15.6 Å². The smallest absolute Gasteiger partial charge is 0.191 e. The zero-order valence-electron chi connectivity index (χ0n) is 14.9. The average Bonchev–Trinajstić information content (AvgIpc) is 2.44. The van der Waals surface area contributed by atoms with Crippen molar-refractivity contribution < 1.29 is 9.16 Å². The molecular formula is C19H32O2Si. The summed E-state index contributed by atoms with van der Waals surface area (Å²) in [6.45, 7) is 16.5. The van der Waals surface area contributed by atoms with Crippen molar-refractivity contribution in [3.8, 4) is 0 Å². The molecule has 0 N–H and O–H groups in total. The molecule has 0 bridgehead atoms. The molecule has 3 heteroatoms. The van der Waals surface area contributed by atoms with Crippen LogP contribution in [0.3, 0.4) is 0 Å². The molecule has 0 saturated heterocycles. The van der Waals surface area contributed by atoms with Crippen LogP contribution in [0.25, 0.3) is 0 Å². The molecule has 1 aromatic rings. The molecule has 1 aromatic carbocycles. The zero-order chi connectivity index (χ0) is 16.6. The van der Waals surface area contributed by atoms with Gasteiger partial charge in [-0.05, 0) is 36.5 Å². The Morgan fingerprint density at radius 2 is 1.82 bits per heavy atom. The van der Waals surface area contributed by atoms with Crippen molar-refractivity contribution in [1.82, 2.24) is 0 Å². The van der Waals surface area contributed by atoms with Crippen molar-refractivity contribution in [2.24, 2.45) is 0 Å². The number of rotatable bonds is 9. The van der Waals surface area contributed by atoms with Crippen LogP contribution < -0.4 is 0 Å².